The van der Waals surface area contributed by atoms with E-state index in [-0.39, 0.29) is 56.0 Å². The van der Waals surface area contributed by atoms with E-state index in [1.54, 1.807) is 4.90 Å². The van der Waals surface area contributed by atoms with E-state index in [1.807, 2.05) is 36.4 Å². The van der Waals surface area contributed by atoms with Crippen molar-refractivity contribution >= 4 is 11.8 Å². The Morgan fingerprint density at radius 1 is 0.897 bits per heavy atom. The van der Waals surface area contributed by atoms with Gasteiger partial charge >= 0.3 is 6.18 Å². The number of carbonyl (C=O) groups is 2. The topological polar surface area (TPSA) is 80.1 Å². The summed E-state index contributed by atoms with van der Waals surface area (Å²) in [5.74, 6) is -1.13. The van der Waals surface area contributed by atoms with E-state index in [0.717, 1.165) is 41.4 Å². The summed E-state index contributed by atoms with van der Waals surface area (Å²) in [7, 11) is 0. The number of fused-ring (bicyclic) bond motifs is 1. The first-order chi connectivity index (χ1) is 18.7. The highest BCUT2D eigenvalue weighted by Gasteiger charge is 2.42. The Bertz CT molecular complexity index is 1250. The molecule has 206 valence electrons. The molecule has 2 aromatic carbocycles. The number of benzene rings is 2. The maximum absolute atomic E-state index is 13.3. The summed E-state index contributed by atoms with van der Waals surface area (Å²) in [5.41, 5.74) is 1.78. The van der Waals surface area contributed by atoms with Crippen LogP contribution in [-0.2, 0) is 28.9 Å². The van der Waals surface area contributed by atoms with Gasteiger partial charge < -0.3 is 14.8 Å². The van der Waals surface area contributed by atoms with Crippen molar-refractivity contribution in [1.82, 2.24) is 25.0 Å². The molecule has 2 aliphatic rings. The predicted octanol–water partition coefficient (Wildman–Crippen LogP) is 4.93. The lowest BCUT2D eigenvalue weighted by Crippen LogP contribution is -2.42. The molecule has 0 radical (unpaired) electrons. The van der Waals surface area contributed by atoms with Crippen LogP contribution in [0.25, 0.3) is 0 Å². The third-order valence-electron chi connectivity index (χ3n) is 7.99. The number of nitrogens with one attached hydrogen (secondary N) is 1. The second-order valence-corrected chi connectivity index (χ2v) is 10.6. The Hall–Kier alpha value is -3.69. The molecule has 0 saturated heterocycles. The molecule has 1 aliphatic carbocycles. The van der Waals surface area contributed by atoms with Crippen molar-refractivity contribution in [3.63, 3.8) is 0 Å². The van der Waals surface area contributed by atoms with Crippen LogP contribution in [0.3, 0.4) is 0 Å². The highest BCUT2D eigenvalue weighted by atomic mass is 19.4. The number of hydrogen-bond acceptors (Lipinski definition) is 4. The van der Waals surface area contributed by atoms with E-state index in [4.69, 9.17) is 0 Å². The quantitative estimate of drug-likeness (QED) is 0.440. The van der Waals surface area contributed by atoms with Crippen LogP contribution in [0.2, 0.25) is 0 Å². The molecule has 0 spiro atoms. The number of alkyl halides is 3. The Morgan fingerprint density at radius 3 is 2.10 bits per heavy atom. The van der Waals surface area contributed by atoms with Crippen molar-refractivity contribution in [2.75, 3.05) is 13.1 Å². The first-order valence-corrected chi connectivity index (χ1v) is 13.4. The normalized spacial score (nSPS) is 16.8. The molecule has 1 N–H and O–H groups in total. The van der Waals surface area contributed by atoms with E-state index < -0.39 is 17.4 Å². The molecule has 0 atom stereocenters. The Labute approximate surface area is 225 Å². The van der Waals surface area contributed by atoms with Gasteiger partial charge in [-0.05, 0) is 29.4 Å². The van der Waals surface area contributed by atoms with Crippen LogP contribution in [-0.4, -0.2) is 44.6 Å². The number of nitrogens with zero attached hydrogens (tertiary/aromatic N) is 4. The molecule has 2 amide bonds. The maximum Gasteiger partial charge on any atom is 0.451 e. The summed E-state index contributed by atoms with van der Waals surface area (Å²) in [6, 6.07) is 20.1. The van der Waals surface area contributed by atoms with Crippen LogP contribution in [0.5, 0.6) is 0 Å². The predicted molar refractivity (Wildman–Crippen MR) is 138 cm³/mol. The van der Waals surface area contributed by atoms with Gasteiger partial charge in [-0.2, -0.15) is 13.2 Å². The smallest absolute Gasteiger partial charge is 0.355 e. The summed E-state index contributed by atoms with van der Waals surface area (Å²) < 4.78 is 40.6. The molecule has 0 bridgehead atoms. The van der Waals surface area contributed by atoms with Gasteiger partial charge in [0.1, 0.15) is 0 Å². The van der Waals surface area contributed by atoms with Crippen molar-refractivity contribution in [3.8, 4) is 0 Å². The average molecular weight is 540 g/mol. The fourth-order valence-electron chi connectivity index (χ4n) is 5.97. The lowest BCUT2D eigenvalue weighted by Gasteiger charge is -2.33. The third-order valence-corrected chi connectivity index (χ3v) is 7.99. The highest BCUT2D eigenvalue weighted by molar-refractivity contribution is 5.80. The summed E-state index contributed by atoms with van der Waals surface area (Å²) in [5, 5.41) is 10.1. The van der Waals surface area contributed by atoms with Crippen LogP contribution in [0.1, 0.15) is 67.2 Å². The molecule has 5 rings (SSSR count). The number of halogens is 3. The number of carbonyl (C=O) groups excluding carboxylic acids is 2. The lowest BCUT2D eigenvalue weighted by atomic mass is 9.78. The summed E-state index contributed by atoms with van der Waals surface area (Å²) >= 11 is 0. The zero-order valence-corrected chi connectivity index (χ0v) is 21.7. The molecular formula is C29H32F3N5O2. The number of hydrogen-bond donors (Lipinski definition) is 1. The molecule has 1 fully saturated rings. The lowest BCUT2D eigenvalue weighted by molar-refractivity contribution is -0.148. The zero-order valence-electron chi connectivity index (χ0n) is 21.7. The van der Waals surface area contributed by atoms with Gasteiger partial charge in [-0.25, -0.2) is 0 Å². The number of aromatic nitrogens is 3. The first kappa shape index (κ1) is 26.9. The maximum atomic E-state index is 13.3. The SMILES string of the molecule is O=C(CC1(CC(=O)N2CCn3c(nnc3C(F)(F)F)C2)CCCC1)NCC(c1ccccc1)c1ccccc1. The van der Waals surface area contributed by atoms with Crippen LogP contribution < -0.4 is 5.32 Å². The molecule has 39 heavy (non-hydrogen) atoms. The molecule has 10 heteroatoms. The minimum Gasteiger partial charge on any atom is -0.355 e. The van der Waals surface area contributed by atoms with Gasteiger partial charge in [-0.3, -0.25) is 9.59 Å². The van der Waals surface area contributed by atoms with Crippen molar-refractivity contribution in [2.45, 2.75) is 63.7 Å². The summed E-state index contributed by atoms with van der Waals surface area (Å²) in [4.78, 5) is 28.1. The Kier molecular flexibility index (Phi) is 7.72. The van der Waals surface area contributed by atoms with Gasteiger partial charge in [0.25, 0.3) is 0 Å². The van der Waals surface area contributed by atoms with E-state index >= 15 is 0 Å². The second kappa shape index (κ2) is 11.2. The van der Waals surface area contributed by atoms with Gasteiger partial charge in [0.05, 0.1) is 6.54 Å². The molecule has 3 aromatic rings. The minimum absolute atomic E-state index is 0.00321. The fraction of sp³-hybridized carbons (Fsp3) is 0.448. The van der Waals surface area contributed by atoms with E-state index in [1.165, 1.54) is 0 Å². The van der Waals surface area contributed by atoms with E-state index in [0.29, 0.717) is 6.54 Å². The molecular weight excluding hydrogens is 507 g/mol. The van der Waals surface area contributed by atoms with E-state index in [9.17, 15) is 22.8 Å². The number of rotatable bonds is 8. The van der Waals surface area contributed by atoms with Crippen molar-refractivity contribution in [1.29, 1.82) is 0 Å². The van der Waals surface area contributed by atoms with Crippen LogP contribution >= 0.6 is 0 Å². The van der Waals surface area contributed by atoms with Crippen molar-refractivity contribution in [3.05, 3.63) is 83.4 Å². The van der Waals surface area contributed by atoms with Gasteiger partial charge in [0, 0.05) is 38.4 Å². The van der Waals surface area contributed by atoms with Crippen molar-refractivity contribution < 1.29 is 22.8 Å². The molecule has 1 aromatic heterocycles. The number of amides is 2. The minimum atomic E-state index is -4.58. The standard InChI is InChI=1S/C29H32F3N5O2/c30-29(31,32)27-35-34-24-20-36(15-16-37(24)27)26(39)18-28(13-7-8-14-28)17-25(38)33-19-23(21-9-3-1-4-10-21)22-11-5-2-6-12-22/h1-6,9-12,23H,7-8,13-20H2,(H,33,38). The van der Waals surface area contributed by atoms with Gasteiger partial charge in [0.15, 0.2) is 5.82 Å². The van der Waals surface area contributed by atoms with Gasteiger partial charge in [0.2, 0.25) is 17.6 Å². The summed E-state index contributed by atoms with van der Waals surface area (Å²) in [6.07, 6.45) is -0.705. The Morgan fingerprint density at radius 2 is 1.51 bits per heavy atom. The largest absolute Gasteiger partial charge is 0.451 e. The third kappa shape index (κ3) is 6.15. The zero-order chi connectivity index (χ0) is 27.5. The van der Waals surface area contributed by atoms with E-state index in [2.05, 4.69) is 39.8 Å². The second-order valence-electron chi connectivity index (χ2n) is 10.6. The Balaban J connectivity index is 1.22. The molecule has 1 aliphatic heterocycles. The first-order valence-electron chi connectivity index (χ1n) is 13.4. The van der Waals surface area contributed by atoms with Crippen molar-refractivity contribution in [2.24, 2.45) is 5.41 Å². The summed E-state index contributed by atoms with van der Waals surface area (Å²) in [6.45, 7) is 0.585. The van der Waals surface area contributed by atoms with Crippen LogP contribution in [0.4, 0.5) is 13.2 Å². The molecule has 0 unspecified atom stereocenters. The molecule has 2 heterocycles. The van der Waals surface area contributed by atoms with Gasteiger partial charge in [-0.15, -0.1) is 10.2 Å². The molecule has 7 nitrogen and oxygen atoms in total. The average Bonchev–Trinajstić information content (AvgIpc) is 3.57. The fourth-order valence-corrected chi connectivity index (χ4v) is 5.97. The highest BCUT2D eigenvalue weighted by Crippen LogP contribution is 2.44. The monoisotopic (exact) mass is 539 g/mol. The molecule has 1 saturated carbocycles. The van der Waals surface area contributed by atoms with Crippen LogP contribution in [0, 0.1) is 5.41 Å². The van der Waals surface area contributed by atoms with Crippen LogP contribution in [0.15, 0.2) is 60.7 Å². The van der Waals surface area contributed by atoms with Gasteiger partial charge in [-0.1, -0.05) is 73.5 Å².